The Kier molecular flexibility index (Phi) is 10.0. The molecule has 22 heavy (non-hydrogen) atoms. The Labute approximate surface area is 151 Å². The molecule has 1 saturated carbocycles. The summed E-state index contributed by atoms with van der Waals surface area (Å²) < 4.78 is 0. The first-order chi connectivity index (χ1) is 10.4. The van der Waals surface area contributed by atoms with E-state index in [4.69, 9.17) is 0 Å². The smallest absolute Gasteiger partial charge is 0.191 e. The molecule has 124 valence electrons. The monoisotopic (exact) mass is 416 g/mol. The van der Waals surface area contributed by atoms with Crippen LogP contribution in [0.4, 0.5) is 5.69 Å². The minimum Gasteiger partial charge on any atom is -0.385 e. The zero-order valence-electron chi connectivity index (χ0n) is 13.5. The van der Waals surface area contributed by atoms with E-state index in [1.807, 2.05) is 6.07 Å². The Balaban J connectivity index is 0.00000242. The Hall–Kier alpha value is -0.980. The molecule has 0 bridgehead atoms. The second kappa shape index (κ2) is 11.6. The number of guanidine groups is 1. The van der Waals surface area contributed by atoms with Crippen molar-refractivity contribution in [2.24, 2.45) is 4.99 Å². The number of benzene rings is 1. The molecule has 0 atom stereocenters. The molecule has 0 saturated heterocycles. The first-order valence-electron chi connectivity index (χ1n) is 8.22. The van der Waals surface area contributed by atoms with Crippen LogP contribution in [0.25, 0.3) is 0 Å². The van der Waals surface area contributed by atoms with Crippen molar-refractivity contribution in [3.63, 3.8) is 0 Å². The molecule has 0 radical (unpaired) electrons. The van der Waals surface area contributed by atoms with Crippen LogP contribution in [0.15, 0.2) is 35.3 Å². The Morgan fingerprint density at radius 1 is 1.18 bits per heavy atom. The summed E-state index contributed by atoms with van der Waals surface area (Å²) in [5.41, 5.74) is 1.18. The number of hydrogen-bond donors (Lipinski definition) is 3. The van der Waals surface area contributed by atoms with Gasteiger partial charge in [0.15, 0.2) is 5.96 Å². The molecule has 0 unspecified atom stereocenters. The van der Waals surface area contributed by atoms with Crippen molar-refractivity contribution >= 4 is 35.6 Å². The summed E-state index contributed by atoms with van der Waals surface area (Å²) in [5, 5.41) is 10.3. The lowest BCUT2D eigenvalue weighted by Crippen LogP contribution is -2.42. The summed E-state index contributed by atoms with van der Waals surface area (Å²) in [7, 11) is 0. The molecular weight excluding hydrogens is 387 g/mol. The lowest BCUT2D eigenvalue weighted by molar-refractivity contribution is 0.613. The summed E-state index contributed by atoms with van der Waals surface area (Å²) in [6, 6.07) is 10.9. The summed E-state index contributed by atoms with van der Waals surface area (Å²) in [4.78, 5) is 4.66. The van der Waals surface area contributed by atoms with Crippen molar-refractivity contribution < 1.29 is 0 Å². The van der Waals surface area contributed by atoms with Gasteiger partial charge < -0.3 is 16.0 Å². The van der Waals surface area contributed by atoms with Crippen LogP contribution in [-0.2, 0) is 0 Å². The van der Waals surface area contributed by atoms with Crippen LogP contribution in [0.5, 0.6) is 0 Å². The highest BCUT2D eigenvalue weighted by Crippen LogP contribution is 2.17. The number of para-hydroxylation sites is 1. The standard InChI is InChI=1S/C17H28N4.HI/c1-2-18-17(21-16-11-6-7-12-16)20-14-8-13-19-15-9-4-3-5-10-15;/h3-5,9-10,16,19H,2,6-8,11-14H2,1H3,(H2,18,20,21);1H. The van der Waals surface area contributed by atoms with E-state index >= 15 is 0 Å². The number of rotatable bonds is 7. The van der Waals surface area contributed by atoms with Crippen LogP contribution in [0.3, 0.4) is 0 Å². The lowest BCUT2D eigenvalue weighted by Gasteiger charge is -2.16. The van der Waals surface area contributed by atoms with Crippen molar-refractivity contribution in [2.45, 2.75) is 45.1 Å². The topological polar surface area (TPSA) is 48.5 Å². The largest absolute Gasteiger partial charge is 0.385 e. The number of halogens is 1. The van der Waals surface area contributed by atoms with Gasteiger partial charge in [0, 0.05) is 31.4 Å². The molecular formula is C17H29IN4. The van der Waals surface area contributed by atoms with Crippen molar-refractivity contribution in [3.8, 4) is 0 Å². The molecule has 0 heterocycles. The zero-order valence-corrected chi connectivity index (χ0v) is 15.8. The van der Waals surface area contributed by atoms with E-state index in [-0.39, 0.29) is 24.0 Å². The molecule has 1 aliphatic carbocycles. The summed E-state index contributed by atoms with van der Waals surface area (Å²) in [6.45, 7) is 4.84. The van der Waals surface area contributed by atoms with Crippen LogP contribution in [0, 0.1) is 0 Å². The predicted molar refractivity (Wildman–Crippen MR) is 106 cm³/mol. The minimum atomic E-state index is 0. The molecule has 0 aromatic heterocycles. The third-order valence-electron chi connectivity index (χ3n) is 3.75. The number of hydrogen-bond acceptors (Lipinski definition) is 2. The fourth-order valence-electron chi connectivity index (χ4n) is 2.64. The Morgan fingerprint density at radius 2 is 1.91 bits per heavy atom. The van der Waals surface area contributed by atoms with Gasteiger partial charge in [-0.15, -0.1) is 24.0 Å². The van der Waals surface area contributed by atoms with Gasteiger partial charge in [-0.2, -0.15) is 0 Å². The van der Waals surface area contributed by atoms with Crippen LogP contribution < -0.4 is 16.0 Å². The van der Waals surface area contributed by atoms with E-state index < -0.39 is 0 Å². The van der Waals surface area contributed by atoms with Crippen LogP contribution >= 0.6 is 24.0 Å². The normalized spacial score (nSPS) is 15.2. The summed E-state index contributed by atoms with van der Waals surface area (Å²) in [5.74, 6) is 0.976. The summed E-state index contributed by atoms with van der Waals surface area (Å²) in [6.07, 6.45) is 6.28. The van der Waals surface area contributed by atoms with Crippen molar-refractivity contribution in [2.75, 3.05) is 25.0 Å². The quantitative estimate of drug-likeness (QED) is 0.276. The van der Waals surface area contributed by atoms with E-state index in [0.29, 0.717) is 6.04 Å². The first-order valence-corrected chi connectivity index (χ1v) is 8.22. The maximum Gasteiger partial charge on any atom is 0.191 e. The molecule has 0 aliphatic heterocycles. The van der Waals surface area contributed by atoms with E-state index in [1.165, 1.54) is 31.4 Å². The molecule has 5 heteroatoms. The zero-order chi connectivity index (χ0) is 14.8. The number of anilines is 1. The van der Waals surface area contributed by atoms with E-state index in [1.54, 1.807) is 0 Å². The molecule has 1 aromatic rings. The minimum absolute atomic E-state index is 0. The van der Waals surface area contributed by atoms with E-state index in [2.05, 4.69) is 52.1 Å². The molecule has 2 rings (SSSR count). The maximum absolute atomic E-state index is 4.66. The lowest BCUT2D eigenvalue weighted by atomic mass is 10.2. The third-order valence-corrected chi connectivity index (χ3v) is 3.75. The van der Waals surface area contributed by atoms with Crippen molar-refractivity contribution in [1.29, 1.82) is 0 Å². The molecule has 1 aromatic carbocycles. The van der Waals surface area contributed by atoms with Gasteiger partial charge in [-0.3, -0.25) is 4.99 Å². The number of nitrogens with one attached hydrogen (secondary N) is 3. The Bertz CT molecular complexity index is 416. The van der Waals surface area contributed by atoms with E-state index in [0.717, 1.165) is 32.0 Å². The van der Waals surface area contributed by atoms with Gasteiger partial charge in [-0.1, -0.05) is 31.0 Å². The van der Waals surface area contributed by atoms with Gasteiger partial charge in [-0.05, 0) is 38.3 Å². The molecule has 4 nitrogen and oxygen atoms in total. The Morgan fingerprint density at radius 3 is 2.59 bits per heavy atom. The molecule has 1 aliphatic rings. The predicted octanol–water partition coefficient (Wildman–Crippen LogP) is 3.60. The highest BCUT2D eigenvalue weighted by molar-refractivity contribution is 14.0. The highest BCUT2D eigenvalue weighted by atomic mass is 127. The van der Waals surface area contributed by atoms with Crippen LogP contribution in [0.2, 0.25) is 0 Å². The maximum atomic E-state index is 4.66. The van der Waals surface area contributed by atoms with Crippen molar-refractivity contribution in [3.05, 3.63) is 30.3 Å². The van der Waals surface area contributed by atoms with Crippen LogP contribution in [-0.4, -0.2) is 31.6 Å². The second-order valence-electron chi connectivity index (χ2n) is 5.53. The molecule has 0 spiro atoms. The second-order valence-corrected chi connectivity index (χ2v) is 5.53. The average molecular weight is 416 g/mol. The number of nitrogens with zero attached hydrogens (tertiary/aromatic N) is 1. The van der Waals surface area contributed by atoms with Gasteiger partial charge in [0.1, 0.15) is 0 Å². The number of aliphatic imine (C=N–C) groups is 1. The fraction of sp³-hybridized carbons (Fsp3) is 0.588. The molecule has 3 N–H and O–H groups in total. The van der Waals surface area contributed by atoms with E-state index in [9.17, 15) is 0 Å². The highest BCUT2D eigenvalue weighted by Gasteiger charge is 2.15. The van der Waals surface area contributed by atoms with Gasteiger partial charge in [-0.25, -0.2) is 0 Å². The molecule has 0 amide bonds. The summed E-state index contributed by atoms with van der Waals surface area (Å²) >= 11 is 0. The van der Waals surface area contributed by atoms with Gasteiger partial charge in [0.25, 0.3) is 0 Å². The third kappa shape index (κ3) is 7.33. The van der Waals surface area contributed by atoms with Gasteiger partial charge in [0.05, 0.1) is 0 Å². The average Bonchev–Trinajstić information content (AvgIpc) is 3.01. The van der Waals surface area contributed by atoms with Gasteiger partial charge >= 0.3 is 0 Å². The first kappa shape index (κ1) is 19.1. The molecule has 1 fully saturated rings. The SMILES string of the molecule is CCNC(=NCCCNc1ccccc1)NC1CCCC1.I. The van der Waals surface area contributed by atoms with Crippen LogP contribution in [0.1, 0.15) is 39.0 Å². The fourth-order valence-corrected chi connectivity index (χ4v) is 2.64. The van der Waals surface area contributed by atoms with Gasteiger partial charge in [0.2, 0.25) is 0 Å². The van der Waals surface area contributed by atoms with Crippen molar-refractivity contribution in [1.82, 2.24) is 10.6 Å².